The lowest BCUT2D eigenvalue weighted by molar-refractivity contribution is 0.0963. The van der Waals surface area contributed by atoms with E-state index in [4.69, 9.17) is 11.0 Å². The number of carbonyl (C=O) groups excluding carboxylic acids is 2. The van der Waals surface area contributed by atoms with Crippen LogP contribution in [0, 0.1) is 11.3 Å². The van der Waals surface area contributed by atoms with Gasteiger partial charge in [-0.1, -0.05) is 18.2 Å². The van der Waals surface area contributed by atoms with Crippen LogP contribution in [0.3, 0.4) is 0 Å². The first-order chi connectivity index (χ1) is 16.5. The summed E-state index contributed by atoms with van der Waals surface area (Å²) in [5, 5.41) is 24.5. The molecule has 0 aliphatic carbocycles. The maximum absolute atomic E-state index is 12.7. The van der Waals surface area contributed by atoms with Crippen molar-refractivity contribution in [3.05, 3.63) is 65.7 Å². The fourth-order valence-corrected chi connectivity index (χ4v) is 3.42. The van der Waals surface area contributed by atoms with E-state index in [9.17, 15) is 9.59 Å². The van der Waals surface area contributed by atoms with Crippen molar-refractivity contribution in [3.63, 3.8) is 0 Å². The van der Waals surface area contributed by atoms with E-state index in [1.807, 2.05) is 12.1 Å². The van der Waals surface area contributed by atoms with Crippen LogP contribution in [0.5, 0.6) is 0 Å². The summed E-state index contributed by atoms with van der Waals surface area (Å²) in [6, 6.07) is 15.5. The van der Waals surface area contributed by atoms with Gasteiger partial charge in [0.2, 0.25) is 11.9 Å². The standard InChI is InChI=1S/C23H23N9O2/c1-26-20(33)15-4-9-17(10-5-15)28-22-30-21(25)32(31-22)23(34)29-18-7-2-14(3-8-18)16-6-11-19(12-24)27-13-16/h2-10,19,27H,11,13H2,1H3,(H,26,33)(H,29,34)(H3,25,28,30,31). The Morgan fingerprint density at radius 3 is 2.47 bits per heavy atom. The van der Waals surface area contributed by atoms with Crippen LogP contribution in [0.4, 0.5) is 28.1 Å². The highest BCUT2D eigenvalue weighted by atomic mass is 16.2. The Labute approximate surface area is 195 Å². The predicted molar refractivity (Wildman–Crippen MR) is 128 cm³/mol. The van der Waals surface area contributed by atoms with Crippen LogP contribution >= 0.6 is 0 Å². The van der Waals surface area contributed by atoms with Gasteiger partial charge < -0.3 is 21.7 Å². The summed E-state index contributed by atoms with van der Waals surface area (Å²) in [6.07, 6.45) is 2.71. The summed E-state index contributed by atoms with van der Waals surface area (Å²) < 4.78 is 0.963. The molecule has 2 aromatic carbocycles. The maximum Gasteiger partial charge on any atom is 0.349 e. The van der Waals surface area contributed by atoms with Crippen molar-refractivity contribution in [2.45, 2.75) is 12.5 Å². The quantitative estimate of drug-likeness (QED) is 0.390. The average molecular weight is 457 g/mol. The van der Waals surface area contributed by atoms with Crippen LogP contribution in [0.25, 0.3) is 5.57 Å². The number of hydrogen-bond donors (Lipinski definition) is 5. The summed E-state index contributed by atoms with van der Waals surface area (Å²) in [4.78, 5) is 28.4. The Kier molecular flexibility index (Phi) is 6.52. The Hall–Kier alpha value is -4.69. The van der Waals surface area contributed by atoms with Crippen molar-refractivity contribution in [1.82, 2.24) is 25.4 Å². The maximum atomic E-state index is 12.7. The van der Waals surface area contributed by atoms with Crippen LogP contribution in [-0.2, 0) is 0 Å². The molecule has 11 nitrogen and oxygen atoms in total. The highest BCUT2D eigenvalue weighted by molar-refractivity contribution is 5.94. The van der Waals surface area contributed by atoms with E-state index < -0.39 is 6.03 Å². The molecule has 3 aromatic rings. The normalized spacial score (nSPS) is 15.1. The number of nitrogens with two attached hydrogens (primary N) is 1. The number of carbonyl (C=O) groups is 2. The van der Waals surface area contributed by atoms with Gasteiger partial charge in [0.1, 0.15) is 0 Å². The minimum Gasteiger partial charge on any atom is -0.368 e. The van der Waals surface area contributed by atoms with Gasteiger partial charge in [0.15, 0.2) is 0 Å². The smallest absolute Gasteiger partial charge is 0.349 e. The fraction of sp³-hybridized carbons (Fsp3) is 0.174. The van der Waals surface area contributed by atoms with Gasteiger partial charge in [-0.25, -0.2) is 4.79 Å². The van der Waals surface area contributed by atoms with E-state index >= 15 is 0 Å². The van der Waals surface area contributed by atoms with E-state index in [1.54, 1.807) is 43.4 Å². The van der Waals surface area contributed by atoms with Crippen LogP contribution in [0.1, 0.15) is 22.3 Å². The molecule has 34 heavy (non-hydrogen) atoms. The zero-order valence-electron chi connectivity index (χ0n) is 18.4. The van der Waals surface area contributed by atoms with Crippen molar-refractivity contribution in [1.29, 1.82) is 5.26 Å². The van der Waals surface area contributed by atoms with Gasteiger partial charge in [-0.2, -0.15) is 10.2 Å². The molecule has 0 spiro atoms. The molecule has 1 aliphatic rings. The van der Waals surface area contributed by atoms with Crippen molar-refractivity contribution in [2.24, 2.45) is 0 Å². The molecule has 2 heterocycles. The zero-order valence-corrected chi connectivity index (χ0v) is 18.4. The number of nitrogens with one attached hydrogen (secondary N) is 4. The number of nitriles is 1. The van der Waals surface area contributed by atoms with Crippen LogP contribution in [0.15, 0.2) is 54.6 Å². The third kappa shape index (κ3) is 5.03. The molecule has 4 rings (SSSR count). The first-order valence-electron chi connectivity index (χ1n) is 10.5. The van der Waals surface area contributed by atoms with Gasteiger partial charge in [-0.3, -0.25) is 10.1 Å². The molecule has 0 fully saturated rings. The second-order valence-corrected chi connectivity index (χ2v) is 7.52. The molecular formula is C23H23N9O2. The largest absolute Gasteiger partial charge is 0.368 e. The SMILES string of the molecule is CNC(=O)c1ccc(Nc2nc(N)n(C(=O)Nc3ccc(C4=CCC(C#N)NC4)cc3)n2)cc1. The second kappa shape index (κ2) is 9.85. The molecule has 6 N–H and O–H groups in total. The van der Waals surface area contributed by atoms with Crippen molar-refractivity contribution in [2.75, 3.05) is 30.0 Å². The molecule has 0 bridgehead atoms. The first-order valence-corrected chi connectivity index (χ1v) is 10.5. The van der Waals surface area contributed by atoms with Crippen molar-refractivity contribution < 1.29 is 9.59 Å². The zero-order chi connectivity index (χ0) is 24.1. The molecule has 172 valence electrons. The molecule has 0 saturated heterocycles. The first kappa shape index (κ1) is 22.5. The summed E-state index contributed by atoms with van der Waals surface area (Å²) in [7, 11) is 1.56. The predicted octanol–water partition coefficient (Wildman–Crippen LogP) is 2.31. The summed E-state index contributed by atoms with van der Waals surface area (Å²) in [6.45, 7) is 0.615. The van der Waals surface area contributed by atoms with Crippen LogP contribution in [-0.4, -0.2) is 46.3 Å². The molecule has 2 amide bonds. The van der Waals surface area contributed by atoms with Gasteiger partial charge >= 0.3 is 6.03 Å². The minimum atomic E-state index is -0.559. The van der Waals surface area contributed by atoms with E-state index in [0.717, 1.165) is 15.8 Å². The van der Waals surface area contributed by atoms with Gasteiger partial charge in [0.05, 0.1) is 12.1 Å². The summed E-state index contributed by atoms with van der Waals surface area (Å²) in [5.41, 5.74) is 9.70. The van der Waals surface area contributed by atoms with Crippen molar-refractivity contribution in [3.8, 4) is 6.07 Å². The van der Waals surface area contributed by atoms with Gasteiger partial charge in [0.25, 0.3) is 5.91 Å². The van der Waals surface area contributed by atoms with E-state index in [-0.39, 0.29) is 23.8 Å². The number of anilines is 4. The fourth-order valence-electron chi connectivity index (χ4n) is 3.42. The summed E-state index contributed by atoms with van der Waals surface area (Å²) in [5.74, 6) is -0.130. The summed E-state index contributed by atoms with van der Waals surface area (Å²) >= 11 is 0. The molecule has 1 aromatic heterocycles. The molecule has 0 radical (unpaired) electrons. The monoisotopic (exact) mass is 457 g/mol. The van der Waals surface area contributed by atoms with E-state index in [1.165, 1.54) is 0 Å². The van der Waals surface area contributed by atoms with E-state index in [2.05, 4.69) is 43.5 Å². The number of nitrogen functional groups attached to an aromatic ring is 1. The Bertz CT molecular complexity index is 1270. The molecular weight excluding hydrogens is 434 g/mol. The highest BCUT2D eigenvalue weighted by Crippen LogP contribution is 2.21. The highest BCUT2D eigenvalue weighted by Gasteiger charge is 2.16. The lowest BCUT2D eigenvalue weighted by Gasteiger charge is -2.18. The topological polar surface area (TPSA) is 163 Å². The number of rotatable bonds is 5. The molecule has 1 unspecified atom stereocenters. The lowest BCUT2D eigenvalue weighted by atomic mass is 9.99. The van der Waals surface area contributed by atoms with Gasteiger partial charge in [-0.15, -0.1) is 9.78 Å². The number of aromatic nitrogens is 3. The third-order valence-corrected chi connectivity index (χ3v) is 5.26. The van der Waals surface area contributed by atoms with Gasteiger partial charge in [-0.05, 0) is 54.0 Å². The lowest BCUT2D eigenvalue weighted by Crippen LogP contribution is -2.31. The Morgan fingerprint density at radius 2 is 1.85 bits per heavy atom. The van der Waals surface area contributed by atoms with E-state index in [0.29, 0.717) is 29.9 Å². The number of benzene rings is 2. The molecule has 1 aliphatic heterocycles. The van der Waals surface area contributed by atoms with Crippen LogP contribution < -0.4 is 27.0 Å². The molecule has 11 heteroatoms. The minimum absolute atomic E-state index is 0.0796. The number of amides is 2. The molecule has 0 saturated carbocycles. The van der Waals surface area contributed by atoms with Crippen molar-refractivity contribution >= 4 is 40.8 Å². The number of hydrogen-bond acceptors (Lipinski definition) is 8. The Balaban J connectivity index is 1.39. The Morgan fingerprint density at radius 1 is 1.15 bits per heavy atom. The number of nitrogens with zero attached hydrogens (tertiary/aromatic N) is 4. The van der Waals surface area contributed by atoms with Crippen LogP contribution in [0.2, 0.25) is 0 Å². The third-order valence-electron chi connectivity index (χ3n) is 5.26. The second-order valence-electron chi connectivity index (χ2n) is 7.52. The van der Waals surface area contributed by atoms with Gasteiger partial charge in [0, 0.05) is 30.5 Å². The molecule has 1 atom stereocenters. The average Bonchev–Trinajstić information content (AvgIpc) is 3.24.